The van der Waals surface area contributed by atoms with Gasteiger partial charge in [0, 0.05) is 23.0 Å². The van der Waals surface area contributed by atoms with Crippen LogP contribution in [0.4, 0.5) is 5.82 Å². The Morgan fingerprint density at radius 2 is 2.12 bits per heavy atom. The SMILES string of the molecule is OCc1nnc2cc(NCC3(c4cccc(Cl)c4)CCC3)ncn12. The van der Waals surface area contributed by atoms with Crippen molar-refractivity contribution < 1.29 is 5.11 Å². The first-order valence-electron chi connectivity index (χ1n) is 8.01. The fourth-order valence-corrected chi connectivity index (χ4v) is 3.49. The highest BCUT2D eigenvalue weighted by molar-refractivity contribution is 6.30. The Bertz CT molecular complexity index is 874. The van der Waals surface area contributed by atoms with E-state index in [0.717, 1.165) is 30.2 Å². The first-order valence-corrected chi connectivity index (χ1v) is 8.38. The van der Waals surface area contributed by atoms with E-state index in [9.17, 15) is 5.11 Å². The van der Waals surface area contributed by atoms with Gasteiger partial charge in [-0.15, -0.1) is 10.2 Å². The monoisotopic (exact) mass is 343 g/mol. The highest BCUT2D eigenvalue weighted by Gasteiger charge is 2.38. The van der Waals surface area contributed by atoms with E-state index in [1.165, 1.54) is 12.0 Å². The summed E-state index contributed by atoms with van der Waals surface area (Å²) in [4.78, 5) is 4.40. The molecular formula is C17H18ClN5O. The first-order chi connectivity index (χ1) is 11.7. The summed E-state index contributed by atoms with van der Waals surface area (Å²) in [5.74, 6) is 1.24. The molecule has 2 aromatic heterocycles. The molecule has 0 radical (unpaired) electrons. The van der Waals surface area contributed by atoms with Crippen molar-refractivity contribution in [3.63, 3.8) is 0 Å². The van der Waals surface area contributed by atoms with Crippen LogP contribution >= 0.6 is 11.6 Å². The predicted octanol–water partition coefficient (Wildman–Crippen LogP) is 2.80. The highest BCUT2D eigenvalue weighted by atomic mass is 35.5. The summed E-state index contributed by atoms with van der Waals surface area (Å²) < 4.78 is 1.68. The van der Waals surface area contributed by atoms with Gasteiger partial charge in [0.05, 0.1) is 0 Å². The number of nitrogens with one attached hydrogen (secondary N) is 1. The van der Waals surface area contributed by atoms with Crippen LogP contribution in [0.1, 0.15) is 30.7 Å². The van der Waals surface area contributed by atoms with Gasteiger partial charge in [-0.3, -0.25) is 4.40 Å². The Hall–Kier alpha value is -2.18. The van der Waals surface area contributed by atoms with Gasteiger partial charge in [0.15, 0.2) is 11.5 Å². The van der Waals surface area contributed by atoms with Crippen LogP contribution in [0.5, 0.6) is 0 Å². The molecule has 1 aliphatic carbocycles. The molecule has 7 heteroatoms. The summed E-state index contributed by atoms with van der Waals surface area (Å²) in [5, 5.41) is 21.4. The molecule has 0 atom stereocenters. The highest BCUT2D eigenvalue weighted by Crippen LogP contribution is 2.44. The van der Waals surface area contributed by atoms with Crippen LogP contribution in [-0.4, -0.2) is 31.2 Å². The summed E-state index contributed by atoms with van der Waals surface area (Å²) in [5.41, 5.74) is 2.06. The lowest BCUT2D eigenvalue weighted by Gasteiger charge is -2.42. The summed E-state index contributed by atoms with van der Waals surface area (Å²) in [7, 11) is 0. The van der Waals surface area contributed by atoms with E-state index in [1.54, 1.807) is 10.7 Å². The number of aliphatic hydroxyl groups is 1. The minimum atomic E-state index is -0.159. The molecule has 124 valence electrons. The van der Waals surface area contributed by atoms with E-state index >= 15 is 0 Å². The molecule has 0 bridgehead atoms. The molecule has 1 aliphatic rings. The van der Waals surface area contributed by atoms with Gasteiger partial charge in [-0.05, 0) is 30.5 Å². The van der Waals surface area contributed by atoms with Crippen LogP contribution in [-0.2, 0) is 12.0 Å². The Kier molecular flexibility index (Phi) is 3.86. The van der Waals surface area contributed by atoms with Gasteiger partial charge in [0.1, 0.15) is 18.8 Å². The molecule has 3 aromatic rings. The number of benzene rings is 1. The Morgan fingerprint density at radius 1 is 1.25 bits per heavy atom. The van der Waals surface area contributed by atoms with Gasteiger partial charge in [-0.2, -0.15) is 0 Å². The molecule has 4 rings (SSSR count). The lowest BCUT2D eigenvalue weighted by Crippen LogP contribution is -2.41. The molecule has 0 amide bonds. The number of anilines is 1. The van der Waals surface area contributed by atoms with Crippen LogP contribution in [0, 0.1) is 0 Å². The average molecular weight is 344 g/mol. The third-order valence-corrected chi connectivity index (χ3v) is 5.10. The Balaban J connectivity index is 1.55. The van der Waals surface area contributed by atoms with E-state index < -0.39 is 0 Å². The largest absolute Gasteiger partial charge is 0.388 e. The van der Waals surface area contributed by atoms with Crippen molar-refractivity contribution in [1.82, 2.24) is 19.6 Å². The molecule has 0 spiro atoms. The minimum absolute atomic E-state index is 0.114. The summed E-state index contributed by atoms with van der Waals surface area (Å²) in [6.07, 6.45) is 5.14. The second kappa shape index (κ2) is 6.03. The first kappa shape index (κ1) is 15.4. The van der Waals surface area contributed by atoms with Gasteiger partial charge in [-0.25, -0.2) is 4.98 Å². The molecule has 1 aromatic carbocycles. The fourth-order valence-electron chi connectivity index (χ4n) is 3.29. The van der Waals surface area contributed by atoms with E-state index in [1.807, 2.05) is 18.2 Å². The van der Waals surface area contributed by atoms with Crippen LogP contribution in [0.25, 0.3) is 5.65 Å². The van der Waals surface area contributed by atoms with Crippen LogP contribution in [0.3, 0.4) is 0 Å². The maximum Gasteiger partial charge on any atom is 0.165 e. The standard InChI is InChI=1S/C17H18ClN5O/c18-13-4-1-3-12(7-13)17(5-2-6-17)10-19-14-8-15-21-22-16(9-24)23(15)11-20-14/h1,3-4,7-8,11,19,24H,2,5-6,9-10H2. The third-order valence-electron chi connectivity index (χ3n) is 4.87. The van der Waals surface area contributed by atoms with Crippen molar-refractivity contribution >= 4 is 23.1 Å². The Labute approximate surface area is 144 Å². The number of nitrogens with zero attached hydrogens (tertiary/aromatic N) is 4. The number of aliphatic hydroxyl groups excluding tert-OH is 1. The van der Waals surface area contributed by atoms with Crippen LogP contribution in [0.2, 0.25) is 5.02 Å². The molecule has 0 unspecified atom stereocenters. The fraction of sp³-hybridized carbons (Fsp3) is 0.353. The third kappa shape index (κ3) is 2.61. The molecule has 24 heavy (non-hydrogen) atoms. The maximum atomic E-state index is 9.21. The van der Waals surface area contributed by atoms with Crippen LogP contribution in [0.15, 0.2) is 36.7 Å². The molecule has 0 saturated heterocycles. The lowest BCUT2D eigenvalue weighted by molar-refractivity contribution is 0.260. The van der Waals surface area contributed by atoms with Crippen molar-refractivity contribution in [3.05, 3.63) is 53.1 Å². The number of hydrogen-bond acceptors (Lipinski definition) is 5. The van der Waals surface area contributed by atoms with Gasteiger partial charge in [0.2, 0.25) is 0 Å². The van der Waals surface area contributed by atoms with Gasteiger partial charge in [-0.1, -0.05) is 30.2 Å². The molecule has 2 N–H and O–H groups in total. The predicted molar refractivity (Wildman–Crippen MR) is 92.2 cm³/mol. The summed E-state index contributed by atoms with van der Waals surface area (Å²) in [6, 6.07) is 9.97. The molecule has 2 heterocycles. The smallest absolute Gasteiger partial charge is 0.165 e. The maximum absolute atomic E-state index is 9.21. The Morgan fingerprint density at radius 3 is 2.83 bits per heavy atom. The lowest BCUT2D eigenvalue weighted by atomic mass is 9.64. The number of aromatic nitrogens is 4. The number of rotatable bonds is 5. The molecule has 0 aliphatic heterocycles. The molecule has 1 saturated carbocycles. The zero-order valence-corrected chi connectivity index (χ0v) is 13.9. The van der Waals surface area contributed by atoms with E-state index in [-0.39, 0.29) is 12.0 Å². The zero-order chi connectivity index (χ0) is 16.6. The number of fused-ring (bicyclic) bond motifs is 1. The van der Waals surface area contributed by atoms with Gasteiger partial charge in [0.25, 0.3) is 0 Å². The minimum Gasteiger partial charge on any atom is -0.388 e. The zero-order valence-electron chi connectivity index (χ0n) is 13.1. The average Bonchev–Trinajstić information content (AvgIpc) is 2.96. The second-order valence-corrected chi connectivity index (χ2v) is 6.71. The summed E-state index contributed by atoms with van der Waals surface area (Å²) in [6.45, 7) is 0.644. The van der Waals surface area contributed by atoms with Crippen molar-refractivity contribution in [2.24, 2.45) is 0 Å². The van der Waals surface area contributed by atoms with Crippen molar-refractivity contribution in [3.8, 4) is 0 Å². The number of halogens is 1. The molecular weight excluding hydrogens is 326 g/mol. The molecule has 1 fully saturated rings. The van der Waals surface area contributed by atoms with Crippen molar-refractivity contribution in [1.29, 1.82) is 0 Å². The normalized spacial score (nSPS) is 16.1. The van der Waals surface area contributed by atoms with Gasteiger partial charge < -0.3 is 10.4 Å². The topological polar surface area (TPSA) is 75.3 Å². The van der Waals surface area contributed by atoms with Gasteiger partial charge >= 0.3 is 0 Å². The van der Waals surface area contributed by atoms with Crippen LogP contribution < -0.4 is 5.32 Å². The second-order valence-electron chi connectivity index (χ2n) is 6.27. The van der Waals surface area contributed by atoms with E-state index in [0.29, 0.717) is 11.5 Å². The quantitative estimate of drug-likeness (QED) is 0.745. The van der Waals surface area contributed by atoms with Crippen molar-refractivity contribution in [2.75, 3.05) is 11.9 Å². The molecule has 6 nitrogen and oxygen atoms in total. The summed E-state index contributed by atoms with van der Waals surface area (Å²) >= 11 is 6.16. The van der Waals surface area contributed by atoms with E-state index in [4.69, 9.17) is 11.6 Å². The van der Waals surface area contributed by atoms with E-state index in [2.05, 4.69) is 32.6 Å². The van der Waals surface area contributed by atoms with Crippen molar-refractivity contribution in [2.45, 2.75) is 31.3 Å². The number of hydrogen-bond donors (Lipinski definition) is 2.